The lowest BCUT2D eigenvalue weighted by Gasteiger charge is -2.40. The Morgan fingerprint density at radius 2 is 0.797 bits per heavy atom. The second-order valence-electron chi connectivity index (χ2n) is 20.2. The van der Waals surface area contributed by atoms with Crippen LogP contribution in [0.15, 0.2) is 122 Å². The number of hydrogen-bond acceptors (Lipinski definition) is 11. The van der Waals surface area contributed by atoms with E-state index in [1.54, 1.807) is 0 Å². The Morgan fingerprint density at radius 1 is 0.430 bits per heavy atom. The molecule has 0 bridgehead atoms. The maximum absolute atomic E-state index is 13.1. The summed E-state index contributed by atoms with van der Waals surface area (Å²) in [5, 5.41) is 31.5. The molecule has 6 atom stereocenters. The molecule has 0 amide bonds. The number of allylic oxidation sites excluding steroid dienone is 20. The van der Waals surface area contributed by atoms with Crippen molar-refractivity contribution in [2.24, 2.45) is 0 Å². The van der Waals surface area contributed by atoms with Crippen LogP contribution in [0.1, 0.15) is 226 Å². The van der Waals surface area contributed by atoms with Crippen molar-refractivity contribution in [2.75, 3.05) is 13.2 Å². The number of aliphatic hydroxyl groups is 2. The van der Waals surface area contributed by atoms with Crippen LogP contribution in [0, 0.1) is 0 Å². The first-order valence-electron chi connectivity index (χ1n) is 30.5. The van der Waals surface area contributed by atoms with Crippen LogP contribution in [0.4, 0.5) is 0 Å². The van der Waals surface area contributed by atoms with Crippen molar-refractivity contribution in [1.82, 2.24) is 0 Å². The van der Waals surface area contributed by atoms with Crippen LogP contribution < -0.4 is 0 Å². The van der Waals surface area contributed by atoms with Crippen molar-refractivity contribution in [3.8, 4) is 0 Å². The molecular weight excluding hydrogens is 997 g/mol. The smallest absolute Gasteiger partial charge is 0.335 e. The van der Waals surface area contributed by atoms with Crippen LogP contribution >= 0.6 is 0 Å². The average molecular weight is 1100 g/mol. The molecule has 6 unspecified atom stereocenters. The number of aliphatic carboxylic acids is 1. The Kier molecular flexibility index (Phi) is 49.1. The molecule has 0 saturated carbocycles. The van der Waals surface area contributed by atoms with Gasteiger partial charge in [0, 0.05) is 19.3 Å². The second kappa shape index (κ2) is 53.7. The second-order valence-corrected chi connectivity index (χ2v) is 20.2. The van der Waals surface area contributed by atoms with Gasteiger partial charge in [0.15, 0.2) is 24.6 Å². The number of carbonyl (C=O) groups excluding carboxylic acids is 3. The maximum atomic E-state index is 13.1. The summed E-state index contributed by atoms with van der Waals surface area (Å²) >= 11 is 0. The summed E-state index contributed by atoms with van der Waals surface area (Å²) < 4.78 is 28.3. The molecule has 446 valence electrons. The van der Waals surface area contributed by atoms with Crippen LogP contribution in [-0.4, -0.2) is 89.2 Å². The van der Waals surface area contributed by atoms with Crippen LogP contribution in [0.5, 0.6) is 0 Å². The number of rotatable bonds is 50. The number of esters is 3. The van der Waals surface area contributed by atoms with E-state index in [2.05, 4.69) is 124 Å². The van der Waals surface area contributed by atoms with Crippen LogP contribution in [0.3, 0.4) is 0 Å². The predicted molar refractivity (Wildman–Crippen MR) is 321 cm³/mol. The molecule has 1 heterocycles. The van der Waals surface area contributed by atoms with Crippen molar-refractivity contribution in [3.63, 3.8) is 0 Å². The van der Waals surface area contributed by atoms with Gasteiger partial charge in [0.1, 0.15) is 18.8 Å². The molecule has 1 fully saturated rings. The molecule has 0 radical (unpaired) electrons. The number of ether oxygens (including phenoxy) is 5. The van der Waals surface area contributed by atoms with Gasteiger partial charge in [-0.15, -0.1) is 0 Å². The first kappa shape index (κ1) is 72.1. The fraction of sp³-hybridized carbons (Fsp3) is 0.642. The summed E-state index contributed by atoms with van der Waals surface area (Å²) in [6.07, 6.45) is 61.8. The Bertz CT molecular complexity index is 1840. The third-order valence-electron chi connectivity index (χ3n) is 13.0. The van der Waals surface area contributed by atoms with Crippen molar-refractivity contribution < 1.29 is 58.2 Å². The highest BCUT2D eigenvalue weighted by Crippen LogP contribution is 2.26. The van der Waals surface area contributed by atoms with Gasteiger partial charge in [-0.3, -0.25) is 14.4 Å². The van der Waals surface area contributed by atoms with Crippen molar-refractivity contribution in [3.05, 3.63) is 122 Å². The van der Waals surface area contributed by atoms with Gasteiger partial charge >= 0.3 is 23.9 Å². The molecule has 0 aromatic rings. The molecule has 0 aromatic carbocycles. The molecule has 12 heteroatoms. The van der Waals surface area contributed by atoms with Gasteiger partial charge in [-0.1, -0.05) is 232 Å². The minimum absolute atomic E-state index is 0.0452. The SMILES string of the molecule is CC/C=C\C/C=C\C/C=C\C/C=C\C/C=C\CCCC(=O)OCC(COC1OC(C(=O)O)C(O)C(O)C1OC(=O)CCCCCCCCCCCCCCCCC)OC(=O)CCC/C=C\C/C=C\C/C=C\C/C=C\C/C=C\CC. The highest BCUT2D eigenvalue weighted by molar-refractivity contribution is 5.74. The normalized spacial score (nSPS) is 18.7. The molecule has 1 rings (SSSR count). The van der Waals surface area contributed by atoms with E-state index >= 15 is 0 Å². The molecular formula is C67H106O12. The van der Waals surface area contributed by atoms with Crippen molar-refractivity contribution in [2.45, 2.75) is 263 Å². The maximum Gasteiger partial charge on any atom is 0.335 e. The number of unbranched alkanes of at least 4 members (excludes halogenated alkanes) is 16. The van der Waals surface area contributed by atoms with Crippen LogP contribution in [0.2, 0.25) is 0 Å². The predicted octanol–water partition coefficient (Wildman–Crippen LogP) is 16.0. The number of aliphatic hydroxyl groups excluding tert-OH is 2. The van der Waals surface area contributed by atoms with E-state index in [1.807, 2.05) is 18.2 Å². The summed E-state index contributed by atoms with van der Waals surface area (Å²) in [6.45, 7) is 5.67. The summed E-state index contributed by atoms with van der Waals surface area (Å²) in [5.41, 5.74) is 0. The molecule has 0 spiro atoms. The first-order chi connectivity index (χ1) is 38.6. The van der Waals surface area contributed by atoms with Gasteiger partial charge < -0.3 is 39.0 Å². The van der Waals surface area contributed by atoms with Gasteiger partial charge in [-0.2, -0.15) is 0 Å². The van der Waals surface area contributed by atoms with Crippen LogP contribution in [-0.2, 0) is 42.9 Å². The molecule has 1 aliphatic rings. The molecule has 0 aliphatic carbocycles. The molecule has 79 heavy (non-hydrogen) atoms. The number of hydrogen-bond donors (Lipinski definition) is 3. The standard InChI is InChI=1S/C67H106O12/c1-4-7-10-13-16-19-22-25-28-30-33-35-38-41-44-47-50-53-59(68)75-56-58(77-60(69)54-51-48-45-42-39-37-34-31-29-26-23-20-17-14-11-8-5-2)57-76-67-65(63(72)62(71)64(79-67)66(73)74)78-61(70)55-52-49-46-43-40-36-32-27-24-21-18-15-12-9-6-3/h7-8,10-11,16-17,19-20,25-26,28-29,33-35,37,41-42,44-45,58,62-65,67,71-72H,4-6,9,12-15,18,21-24,27,30-32,36,38-40,43,46-57H2,1-3H3,(H,73,74)/b10-7-,11-8-,19-16-,20-17-,28-25-,29-26-,35-33-,37-34-,44-41-,45-42-. The van der Waals surface area contributed by atoms with E-state index in [1.165, 1.54) is 64.2 Å². The van der Waals surface area contributed by atoms with E-state index in [9.17, 15) is 34.5 Å². The molecule has 12 nitrogen and oxygen atoms in total. The van der Waals surface area contributed by atoms with Crippen molar-refractivity contribution >= 4 is 23.9 Å². The van der Waals surface area contributed by atoms with Gasteiger partial charge in [-0.25, -0.2) is 4.79 Å². The fourth-order valence-corrected chi connectivity index (χ4v) is 8.44. The monoisotopic (exact) mass is 1100 g/mol. The van der Waals surface area contributed by atoms with Gasteiger partial charge in [0.25, 0.3) is 0 Å². The Balaban J connectivity index is 2.77. The zero-order valence-corrected chi connectivity index (χ0v) is 49.1. The van der Waals surface area contributed by atoms with Gasteiger partial charge in [-0.05, 0) is 96.3 Å². The lowest BCUT2D eigenvalue weighted by molar-refractivity contribution is -0.301. The third-order valence-corrected chi connectivity index (χ3v) is 13.0. The zero-order valence-electron chi connectivity index (χ0n) is 49.1. The van der Waals surface area contributed by atoms with E-state index in [4.69, 9.17) is 23.7 Å². The van der Waals surface area contributed by atoms with E-state index in [-0.39, 0.29) is 25.9 Å². The largest absolute Gasteiger partial charge is 0.479 e. The Morgan fingerprint density at radius 3 is 1.20 bits per heavy atom. The summed E-state index contributed by atoms with van der Waals surface area (Å²) in [4.78, 5) is 51.2. The molecule has 1 aliphatic heterocycles. The Labute approximate surface area is 478 Å². The van der Waals surface area contributed by atoms with E-state index in [0.717, 1.165) is 89.9 Å². The topological polar surface area (TPSA) is 175 Å². The van der Waals surface area contributed by atoms with E-state index < -0.39 is 67.3 Å². The average Bonchev–Trinajstić information content (AvgIpc) is 3.46. The van der Waals surface area contributed by atoms with E-state index in [0.29, 0.717) is 32.1 Å². The lowest BCUT2D eigenvalue weighted by Crippen LogP contribution is -2.61. The lowest BCUT2D eigenvalue weighted by atomic mass is 9.98. The summed E-state index contributed by atoms with van der Waals surface area (Å²) in [6, 6.07) is 0. The zero-order chi connectivity index (χ0) is 57.5. The number of carboxylic acid groups (broad SMARTS) is 1. The minimum Gasteiger partial charge on any atom is -0.479 e. The number of carboxylic acids is 1. The highest BCUT2D eigenvalue weighted by Gasteiger charge is 2.50. The molecule has 1 saturated heterocycles. The quantitative estimate of drug-likeness (QED) is 0.0228. The van der Waals surface area contributed by atoms with Crippen molar-refractivity contribution in [1.29, 1.82) is 0 Å². The summed E-state index contributed by atoms with van der Waals surface area (Å²) in [7, 11) is 0. The molecule has 3 N–H and O–H groups in total. The fourth-order valence-electron chi connectivity index (χ4n) is 8.44. The van der Waals surface area contributed by atoms with Gasteiger partial charge in [0.05, 0.1) is 6.61 Å². The minimum atomic E-state index is -1.92. The number of carbonyl (C=O) groups is 4. The molecule has 0 aromatic heterocycles. The van der Waals surface area contributed by atoms with Crippen LogP contribution in [0.25, 0.3) is 0 Å². The third kappa shape index (κ3) is 43.6. The summed E-state index contributed by atoms with van der Waals surface area (Å²) in [5.74, 6) is -3.29. The Hall–Kier alpha value is -4.88. The highest BCUT2D eigenvalue weighted by atomic mass is 16.7. The first-order valence-corrected chi connectivity index (χ1v) is 30.5. The van der Waals surface area contributed by atoms with Gasteiger partial charge in [0.2, 0.25) is 0 Å².